The van der Waals surface area contributed by atoms with Crippen LogP contribution in [0.25, 0.3) is 5.69 Å². The molecule has 0 spiro atoms. The summed E-state index contributed by atoms with van der Waals surface area (Å²) >= 11 is 0. The molecule has 0 aliphatic heterocycles. The molecule has 0 radical (unpaired) electrons. The minimum absolute atomic E-state index is 0.157. The standard InChI is InChI=1S/C11H12N2O2/c1-7-8(2)13(11(15)12-7)9-3-5-10(14)6-4-9/h3-6,14H,1-2H3,(H,12,15). The molecule has 0 atom stereocenters. The smallest absolute Gasteiger partial charge is 0.330 e. The van der Waals surface area contributed by atoms with Crippen LogP contribution in [0.2, 0.25) is 0 Å². The van der Waals surface area contributed by atoms with Crippen LogP contribution < -0.4 is 5.69 Å². The number of phenolic OH excluding ortho intramolecular Hbond substituents is 1. The second kappa shape index (κ2) is 3.31. The molecule has 0 saturated heterocycles. The number of imidazole rings is 1. The highest BCUT2D eigenvalue weighted by Crippen LogP contribution is 2.14. The third-order valence-corrected chi connectivity index (χ3v) is 2.48. The highest BCUT2D eigenvalue weighted by molar-refractivity contribution is 5.38. The zero-order valence-corrected chi connectivity index (χ0v) is 8.61. The Balaban J connectivity index is 2.64. The van der Waals surface area contributed by atoms with Crippen molar-refractivity contribution in [3.05, 3.63) is 46.1 Å². The van der Waals surface area contributed by atoms with Crippen LogP contribution in [0.3, 0.4) is 0 Å². The molecule has 0 aliphatic rings. The summed E-state index contributed by atoms with van der Waals surface area (Å²) in [7, 11) is 0. The monoisotopic (exact) mass is 204 g/mol. The van der Waals surface area contributed by atoms with E-state index < -0.39 is 0 Å². The van der Waals surface area contributed by atoms with Gasteiger partial charge >= 0.3 is 5.69 Å². The number of nitrogens with one attached hydrogen (secondary N) is 1. The van der Waals surface area contributed by atoms with Crippen molar-refractivity contribution in [3.63, 3.8) is 0 Å². The lowest BCUT2D eigenvalue weighted by Crippen LogP contribution is -2.15. The number of rotatable bonds is 1. The molecular formula is C11H12N2O2. The summed E-state index contributed by atoms with van der Waals surface area (Å²) in [6.45, 7) is 3.73. The first-order valence-electron chi connectivity index (χ1n) is 4.67. The van der Waals surface area contributed by atoms with Crippen LogP contribution in [0.5, 0.6) is 5.75 Å². The maximum Gasteiger partial charge on any atom is 0.330 e. The zero-order valence-electron chi connectivity index (χ0n) is 8.61. The Morgan fingerprint density at radius 1 is 1.20 bits per heavy atom. The van der Waals surface area contributed by atoms with E-state index in [0.717, 1.165) is 17.1 Å². The van der Waals surface area contributed by atoms with E-state index in [1.165, 1.54) is 0 Å². The minimum Gasteiger partial charge on any atom is -0.508 e. The van der Waals surface area contributed by atoms with Gasteiger partial charge < -0.3 is 10.1 Å². The van der Waals surface area contributed by atoms with Crippen molar-refractivity contribution in [3.8, 4) is 11.4 Å². The first-order valence-corrected chi connectivity index (χ1v) is 4.67. The summed E-state index contributed by atoms with van der Waals surface area (Å²) in [5.74, 6) is 0.191. The van der Waals surface area contributed by atoms with E-state index in [9.17, 15) is 4.79 Å². The maximum atomic E-state index is 11.6. The van der Waals surface area contributed by atoms with Gasteiger partial charge in [0.25, 0.3) is 0 Å². The predicted octanol–water partition coefficient (Wildman–Crippen LogP) is 1.49. The van der Waals surface area contributed by atoms with Crippen LogP contribution >= 0.6 is 0 Å². The summed E-state index contributed by atoms with van der Waals surface area (Å²) in [4.78, 5) is 14.3. The number of aromatic amines is 1. The highest BCUT2D eigenvalue weighted by Gasteiger charge is 2.07. The van der Waals surface area contributed by atoms with E-state index in [1.54, 1.807) is 28.8 Å². The topological polar surface area (TPSA) is 58.0 Å². The second-order valence-corrected chi connectivity index (χ2v) is 3.49. The lowest BCUT2D eigenvalue weighted by Gasteiger charge is -2.03. The molecule has 0 fully saturated rings. The van der Waals surface area contributed by atoms with Gasteiger partial charge in [0.2, 0.25) is 0 Å². The molecule has 0 bridgehead atoms. The Morgan fingerprint density at radius 3 is 2.27 bits per heavy atom. The number of phenols is 1. The highest BCUT2D eigenvalue weighted by atomic mass is 16.3. The summed E-state index contributed by atoms with van der Waals surface area (Å²) < 4.78 is 1.58. The molecule has 78 valence electrons. The SMILES string of the molecule is Cc1[nH]c(=O)n(-c2ccc(O)cc2)c1C. The van der Waals surface area contributed by atoms with E-state index in [1.807, 2.05) is 13.8 Å². The van der Waals surface area contributed by atoms with Crippen molar-refractivity contribution < 1.29 is 5.11 Å². The molecule has 2 N–H and O–H groups in total. The van der Waals surface area contributed by atoms with Gasteiger partial charge in [-0.25, -0.2) is 4.79 Å². The van der Waals surface area contributed by atoms with E-state index in [-0.39, 0.29) is 11.4 Å². The second-order valence-electron chi connectivity index (χ2n) is 3.49. The Labute approximate surface area is 86.8 Å². The van der Waals surface area contributed by atoms with Crippen LogP contribution in [0.15, 0.2) is 29.1 Å². The van der Waals surface area contributed by atoms with Crippen molar-refractivity contribution in [2.75, 3.05) is 0 Å². The summed E-state index contributed by atoms with van der Waals surface area (Å²) in [6, 6.07) is 6.53. The van der Waals surface area contributed by atoms with E-state index >= 15 is 0 Å². The van der Waals surface area contributed by atoms with Gasteiger partial charge in [0, 0.05) is 11.4 Å². The fourth-order valence-electron chi connectivity index (χ4n) is 1.54. The molecule has 0 saturated carbocycles. The molecule has 0 amide bonds. The van der Waals surface area contributed by atoms with Gasteiger partial charge in [0.05, 0.1) is 5.69 Å². The third-order valence-electron chi connectivity index (χ3n) is 2.48. The Morgan fingerprint density at radius 2 is 1.80 bits per heavy atom. The number of hydrogen-bond acceptors (Lipinski definition) is 2. The number of benzene rings is 1. The number of aryl methyl sites for hydroxylation is 1. The molecule has 1 aromatic heterocycles. The molecule has 4 heteroatoms. The minimum atomic E-state index is -0.157. The predicted molar refractivity (Wildman–Crippen MR) is 57.5 cm³/mol. The molecule has 2 aromatic rings. The van der Waals surface area contributed by atoms with Crippen LogP contribution in [0, 0.1) is 13.8 Å². The summed E-state index contributed by atoms with van der Waals surface area (Å²) in [6.07, 6.45) is 0. The molecule has 2 rings (SSSR count). The van der Waals surface area contributed by atoms with E-state index in [4.69, 9.17) is 5.11 Å². The summed E-state index contributed by atoms with van der Waals surface area (Å²) in [5, 5.41) is 9.15. The van der Waals surface area contributed by atoms with Gasteiger partial charge in [0.15, 0.2) is 0 Å². The molecule has 4 nitrogen and oxygen atoms in total. The van der Waals surface area contributed by atoms with Crippen LogP contribution in [-0.2, 0) is 0 Å². The van der Waals surface area contributed by atoms with Gasteiger partial charge in [-0.1, -0.05) is 0 Å². The normalized spacial score (nSPS) is 10.5. The molecule has 0 unspecified atom stereocenters. The molecular weight excluding hydrogens is 192 g/mol. The molecule has 0 aliphatic carbocycles. The average Bonchev–Trinajstić information content (AvgIpc) is 2.44. The van der Waals surface area contributed by atoms with Crippen molar-refractivity contribution in [1.82, 2.24) is 9.55 Å². The van der Waals surface area contributed by atoms with Gasteiger partial charge in [-0.15, -0.1) is 0 Å². The third kappa shape index (κ3) is 1.54. The largest absolute Gasteiger partial charge is 0.508 e. The van der Waals surface area contributed by atoms with Crippen LogP contribution in [0.1, 0.15) is 11.4 Å². The molecule has 1 aromatic carbocycles. The Kier molecular flexibility index (Phi) is 2.11. The van der Waals surface area contributed by atoms with E-state index in [2.05, 4.69) is 4.98 Å². The first-order chi connectivity index (χ1) is 7.09. The van der Waals surface area contributed by atoms with E-state index in [0.29, 0.717) is 0 Å². The van der Waals surface area contributed by atoms with Gasteiger partial charge in [-0.05, 0) is 38.1 Å². The number of aromatic nitrogens is 2. The number of hydrogen-bond donors (Lipinski definition) is 2. The van der Waals surface area contributed by atoms with Crippen LogP contribution in [0.4, 0.5) is 0 Å². The fourth-order valence-corrected chi connectivity index (χ4v) is 1.54. The van der Waals surface area contributed by atoms with Gasteiger partial charge in [-0.2, -0.15) is 0 Å². The number of nitrogens with zero attached hydrogens (tertiary/aromatic N) is 1. The van der Waals surface area contributed by atoms with Crippen LogP contribution in [-0.4, -0.2) is 14.7 Å². The number of H-pyrrole nitrogens is 1. The average molecular weight is 204 g/mol. The molecule has 15 heavy (non-hydrogen) atoms. The Hall–Kier alpha value is -1.97. The molecule has 1 heterocycles. The fraction of sp³-hybridized carbons (Fsp3) is 0.182. The van der Waals surface area contributed by atoms with Gasteiger partial charge in [-0.3, -0.25) is 4.57 Å². The van der Waals surface area contributed by atoms with Crippen molar-refractivity contribution in [2.45, 2.75) is 13.8 Å². The van der Waals surface area contributed by atoms with Crippen molar-refractivity contribution in [1.29, 1.82) is 0 Å². The van der Waals surface area contributed by atoms with Crippen molar-refractivity contribution >= 4 is 0 Å². The lowest BCUT2D eigenvalue weighted by molar-refractivity contribution is 0.475. The Bertz CT molecular complexity index is 535. The lowest BCUT2D eigenvalue weighted by atomic mass is 10.3. The van der Waals surface area contributed by atoms with Crippen molar-refractivity contribution in [2.24, 2.45) is 0 Å². The summed E-state index contributed by atoms with van der Waals surface area (Å²) in [5.41, 5.74) is 2.33. The quantitative estimate of drug-likeness (QED) is 0.739. The van der Waals surface area contributed by atoms with Gasteiger partial charge in [0.1, 0.15) is 5.75 Å². The zero-order chi connectivity index (χ0) is 11.0. The first kappa shape index (κ1) is 9.58. The number of aromatic hydroxyl groups is 1. The maximum absolute atomic E-state index is 11.6.